The van der Waals surface area contributed by atoms with Crippen molar-refractivity contribution in [3.8, 4) is 0 Å². The molecule has 0 radical (unpaired) electrons. The molecule has 0 aromatic heterocycles. The highest BCUT2D eigenvalue weighted by molar-refractivity contribution is 4.93. The van der Waals surface area contributed by atoms with Gasteiger partial charge in [0.25, 0.3) is 0 Å². The number of hydrogen-bond acceptors (Lipinski definition) is 2. The van der Waals surface area contributed by atoms with Gasteiger partial charge in [-0.3, -0.25) is 4.90 Å². The Kier molecular flexibility index (Phi) is 2.37. The van der Waals surface area contributed by atoms with E-state index in [0.717, 1.165) is 18.0 Å². The van der Waals surface area contributed by atoms with Gasteiger partial charge in [-0.25, -0.2) is 0 Å². The van der Waals surface area contributed by atoms with Crippen LogP contribution in [0.5, 0.6) is 0 Å². The van der Waals surface area contributed by atoms with E-state index >= 15 is 0 Å². The molecular weight excluding hydrogens is 148 g/mol. The summed E-state index contributed by atoms with van der Waals surface area (Å²) in [5.41, 5.74) is 0. The Balaban J connectivity index is 1.87. The van der Waals surface area contributed by atoms with E-state index in [9.17, 15) is 0 Å². The van der Waals surface area contributed by atoms with E-state index in [2.05, 4.69) is 24.1 Å². The van der Waals surface area contributed by atoms with Gasteiger partial charge in [-0.1, -0.05) is 6.92 Å². The molecule has 2 atom stereocenters. The van der Waals surface area contributed by atoms with Crippen LogP contribution in [0.15, 0.2) is 0 Å². The molecule has 2 aliphatic rings. The van der Waals surface area contributed by atoms with Crippen LogP contribution >= 0.6 is 0 Å². The van der Waals surface area contributed by atoms with Gasteiger partial charge in [0.15, 0.2) is 0 Å². The predicted molar refractivity (Wildman–Crippen MR) is 51.2 cm³/mol. The highest BCUT2D eigenvalue weighted by Crippen LogP contribution is 2.34. The van der Waals surface area contributed by atoms with Crippen molar-refractivity contribution in [2.24, 2.45) is 5.92 Å². The van der Waals surface area contributed by atoms with E-state index in [1.54, 1.807) is 0 Å². The molecular formula is C10H20N2. The summed E-state index contributed by atoms with van der Waals surface area (Å²) in [6.07, 6.45) is 2.92. The summed E-state index contributed by atoms with van der Waals surface area (Å²) in [5.74, 6) is 1.01. The summed E-state index contributed by atoms with van der Waals surface area (Å²) in [7, 11) is 0. The summed E-state index contributed by atoms with van der Waals surface area (Å²) >= 11 is 0. The van der Waals surface area contributed by atoms with Crippen LogP contribution in [0.25, 0.3) is 0 Å². The first kappa shape index (κ1) is 8.52. The third-order valence-corrected chi connectivity index (χ3v) is 3.33. The quantitative estimate of drug-likeness (QED) is 0.663. The van der Waals surface area contributed by atoms with Crippen molar-refractivity contribution in [1.29, 1.82) is 0 Å². The normalized spacial score (nSPS) is 38.5. The van der Waals surface area contributed by atoms with Crippen LogP contribution in [-0.2, 0) is 0 Å². The van der Waals surface area contributed by atoms with Crippen LogP contribution in [0.2, 0.25) is 0 Å². The van der Waals surface area contributed by atoms with Gasteiger partial charge in [0.2, 0.25) is 0 Å². The third kappa shape index (κ3) is 1.64. The molecule has 1 heterocycles. The van der Waals surface area contributed by atoms with Crippen molar-refractivity contribution in [3.63, 3.8) is 0 Å². The van der Waals surface area contributed by atoms with Gasteiger partial charge < -0.3 is 5.32 Å². The maximum Gasteiger partial charge on any atom is 0.0224 e. The van der Waals surface area contributed by atoms with Crippen molar-refractivity contribution in [2.45, 2.75) is 38.8 Å². The molecule has 1 saturated carbocycles. The van der Waals surface area contributed by atoms with E-state index in [1.807, 2.05) is 0 Å². The number of likely N-dealkylation sites (N-methyl/N-ethyl adjacent to an activating group) is 1. The summed E-state index contributed by atoms with van der Waals surface area (Å²) < 4.78 is 0. The van der Waals surface area contributed by atoms with Gasteiger partial charge in [0, 0.05) is 25.2 Å². The van der Waals surface area contributed by atoms with E-state index in [1.165, 1.54) is 32.5 Å². The monoisotopic (exact) mass is 168 g/mol. The summed E-state index contributed by atoms with van der Waals surface area (Å²) in [6.45, 7) is 8.27. The second kappa shape index (κ2) is 3.35. The lowest BCUT2D eigenvalue weighted by molar-refractivity contribution is 0.140. The molecule has 2 fully saturated rings. The van der Waals surface area contributed by atoms with Gasteiger partial charge in [-0.05, 0) is 32.2 Å². The van der Waals surface area contributed by atoms with Crippen molar-refractivity contribution in [1.82, 2.24) is 10.2 Å². The van der Waals surface area contributed by atoms with Crippen LogP contribution in [0.1, 0.15) is 26.7 Å². The van der Waals surface area contributed by atoms with Gasteiger partial charge in [-0.15, -0.1) is 0 Å². The minimum absolute atomic E-state index is 0.741. The van der Waals surface area contributed by atoms with Crippen LogP contribution in [0, 0.1) is 5.92 Å². The Morgan fingerprint density at radius 2 is 2.17 bits per heavy atom. The zero-order valence-corrected chi connectivity index (χ0v) is 8.21. The number of nitrogens with zero attached hydrogens (tertiary/aromatic N) is 1. The van der Waals surface area contributed by atoms with E-state index in [0.29, 0.717) is 0 Å². The molecule has 1 aliphatic heterocycles. The summed E-state index contributed by atoms with van der Waals surface area (Å²) in [6, 6.07) is 1.55. The zero-order valence-electron chi connectivity index (χ0n) is 8.21. The van der Waals surface area contributed by atoms with Crippen LogP contribution in [0.3, 0.4) is 0 Å². The fourth-order valence-corrected chi connectivity index (χ4v) is 2.20. The summed E-state index contributed by atoms with van der Waals surface area (Å²) in [5, 5.41) is 3.65. The molecule has 0 amide bonds. The lowest BCUT2D eigenvalue weighted by Gasteiger charge is -2.38. The Morgan fingerprint density at radius 3 is 2.75 bits per heavy atom. The number of rotatable bonds is 2. The van der Waals surface area contributed by atoms with E-state index < -0.39 is 0 Å². The molecule has 1 N–H and O–H groups in total. The Bertz CT molecular complexity index is 154. The molecule has 2 unspecified atom stereocenters. The van der Waals surface area contributed by atoms with Crippen molar-refractivity contribution >= 4 is 0 Å². The van der Waals surface area contributed by atoms with Gasteiger partial charge >= 0.3 is 0 Å². The minimum Gasteiger partial charge on any atom is -0.311 e. The van der Waals surface area contributed by atoms with Gasteiger partial charge in [0.1, 0.15) is 0 Å². The van der Waals surface area contributed by atoms with E-state index in [4.69, 9.17) is 0 Å². The Labute approximate surface area is 75.3 Å². The molecule has 0 bridgehead atoms. The topological polar surface area (TPSA) is 15.3 Å². The maximum absolute atomic E-state index is 3.65. The fraction of sp³-hybridized carbons (Fsp3) is 1.00. The first-order valence-electron chi connectivity index (χ1n) is 5.28. The second-order valence-electron chi connectivity index (χ2n) is 4.29. The Hall–Kier alpha value is -0.0800. The molecule has 0 spiro atoms. The second-order valence-corrected chi connectivity index (χ2v) is 4.29. The third-order valence-electron chi connectivity index (χ3n) is 3.33. The molecule has 1 saturated heterocycles. The number of nitrogens with one attached hydrogen (secondary N) is 1. The first-order valence-corrected chi connectivity index (χ1v) is 5.28. The average molecular weight is 168 g/mol. The molecule has 2 nitrogen and oxygen atoms in total. The number of hydrogen-bond donors (Lipinski definition) is 1. The molecule has 12 heavy (non-hydrogen) atoms. The van der Waals surface area contributed by atoms with Crippen molar-refractivity contribution < 1.29 is 0 Å². The highest BCUT2D eigenvalue weighted by atomic mass is 15.2. The van der Waals surface area contributed by atoms with Gasteiger partial charge in [-0.2, -0.15) is 0 Å². The summed E-state index contributed by atoms with van der Waals surface area (Å²) in [4.78, 5) is 2.60. The Morgan fingerprint density at radius 1 is 1.42 bits per heavy atom. The molecule has 0 aromatic carbocycles. The average Bonchev–Trinajstić information content (AvgIpc) is 2.88. The largest absolute Gasteiger partial charge is 0.311 e. The SMILES string of the molecule is CCN1CC(C2CC2)NCC1C. The fourth-order valence-electron chi connectivity index (χ4n) is 2.20. The van der Waals surface area contributed by atoms with Crippen molar-refractivity contribution in [3.05, 3.63) is 0 Å². The standard InChI is InChI=1S/C10H20N2/c1-3-12-7-10(9-4-5-9)11-6-8(12)2/h8-11H,3-7H2,1-2H3. The molecule has 2 rings (SSSR count). The molecule has 0 aromatic rings. The van der Waals surface area contributed by atoms with Crippen LogP contribution < -0.4 is 5.32 Å². The van der Waals surface area contributed by atoms with E-state index in [-0.39, 0.29) is 0 Å². The molecule has 2 heteroatoms. The molecule has 70 valence electrons. The van der Waals surface area contributed by atoms with Crippen molar-refractivity contribution in [2.75, 3.05) is 19.6 Å². The lowest BCUT2D eigenvalue weighted by atomic mass is 10.1. The van der Waals surface area contributed by atoms with Crippen LogP contribution in [0.4, 0.5) is 0 Å². The minimum atomic E-state index is 0.741. The lowest BCUT2D eigenvalue weighted by Crippen LogP contribution is -2.55. The predicted octanol–water partition coefficient (Wildman–Crippen LogP) is 1.08. The van der Waals surface area contributed by atoms with Gasteiger partial charge in [0.05, 0.1) is 0 Å². The smallest absolute Gasteiger partial charge is 0.0224 e. The maximum atomic E-state index is 3.65. The highest BCUT2D eigenvalue weighted by Gasteiger charge is 2.35. The van der Waals surface area contributed by atoms with Crippen LogP contribution in [-0.4, -0.2) is 36.6 Å². The molecule has 1 aliphatic carbocycles. The number of piperazine rings is 1. The first-order chi connectivity index (χ1) is 5.81. The zero-order chi connectivity index (χ0) is 8.55.